The molecule has 11 heteroatoms. The van der Waals surface area contributed by atoms with Gasteiger partial charge in [-0.1, -0.05) is 19.9 Å². The number of carbonyl (C=O) groups is 2. The summed E-state index contributed by atoms with van der Waals surface area (Å²) in [6.45, 7) is 4.32. The van der Waals surface area contributed by atoms with E-state index in [1.807, 2.05) is 19.9 Å². The number of nitrogens with one attached hydrogen (secondary N) is 1. The first-order valence-electron chi connectivity index (χ1n) is 10.6. The van der Waals surface area contributed by atoms with Crippen molar-refractivity contribution in [1.82, 2.24) is 5.32 Å². The summed E-state index contributed by atoms with van der Waals surface area (Å²) < 4.78 is 55.4. The first kappa shape index (κ1) is 25.1. The number of hydrogen-bond acceptors (Lipinski definition) is 7. The van der Waals surface area contributed by atoms with Crippen LogP contribution in [-0.2, 0) is 21.6 Å². The Kier molecular flexibility index (Phi) is 6.85. The predicted molar refractivity (Wildman–Crippen MR) is 123 cm³/mol. The number of aliphatic hydroxyl groups excluding tert-OH is 1. The lowest BCUT2D eigenvalue weighted by atomic mass is 9.84. The summed E-state index contributed by atoms with van der Waals surface area (Å²) in [5.41, 5.74) is 1.95. The number of imide groups is 1. The van der Waals surface area contributed by atoms with Gasteiger partial charge < -0.3 is 19.3 Å². The molecule has 0 saturated carbocycles. The monoisotopic (exact) mass is 509 g/mol. The third-order valence-electron chi connectivity index (χ3n) is 5.42. The lowest BCUT2D eigenvalue weighted by molar-refractivity contribution is -0.274. The van der Waals surface area contributed by atoms with Crippen LogP contribution in [0.5, 0.6) is 11.5 Å². The second kappa shape index (κ2) is 9.56. The van der Waals surface area contributed by atoms with Crippen LogP contribution in [0.4, 0.5) is 18.0 Å². The fourth-order valence-electron chi connectivity index (χ4n) is 3.85. The van der Waals surface area contributed by atoms with E-state index in [0.29, 0.717) is 40.8 Å². The summed E-state index contributed by atoms with van der Waals surface area (Å²) in [5.74, 6) is -0.588. The van der Waals surface area contributed by atoms with Crippen molar-refractivity contribution in [3.8, 4) is 22.6 Å². The van der Waals surface area contributed by atoms with Crippen LogP contribution in [-0.4, -0.2) is 42.4 Å². The van der Waals surface area contributed by atoms with Gasteiger partial charge in [0.15, 0.2) is 0 Å². The highest BCUT2D eigenvalue weighted by Crippen LogP contribution is 2.48. The van der Waals surface area contributed by atoms with Crippen LogP contribution in [0.1, 0.15) is 30.5 Å². The smallest absolute Gasteiger partial charge is 0.492 e. The molecule has 0 atom stereocenters. The van der Waals surface area contributed by atoms with Crippen LogP contribution < -0.4 is 14.8 Å². The largest absolute Gasteiger partial charge is 0.573 e. The molecule has 0 aliphatic carbocycles. The van der Waals surface area contributed by atoms with Gasteiger partial charge in [0.25, 0.3) is 11.1 Å². The molecule has 0 unspecified atom stereocenters. The van der Waals surface area contributed by atoms with Gasteiger partial charge in [-0.25, -0.2) is 0 Å². The molecule has 1 fully saturated rings. The molecule has 4 rings (SSSR count). The summed E-state index contributed by atoms with van der Waals surface area (Å²) in [7, 11) is 0. The van der Waals surface area contributed by atoms with Gasteiger partial charge in [0.1, 0.15) is 11.5 Å². The lowest BCUT2D eigenvalue weighted by Crippen LogP contribution is -2.18. The number of rotatable bonds is 7. The predicted octanol–water partition coefficient (Wildman–Crippen LogP) is 4.76. The Morgan fingerprint density at radius 2 is 1.97 bits per heavy atom. The molecule has 35 heavy (non-hydrogen) atoms. The lowest BCUT2D eigenvalue weighted by Gasteiger charge is -2.19. The fraction of sp³-hybridized carbons (Fsp3) is 0.333. The van der Waals surface area contributed by atoms with E-state index < -0.39 is 28.7 Å². The molecule has 1 saturated heterocycles. The molecule has 2 aliphatic rings. The van der Waals surface area contributed by atoms with Crippen molar-refractivity contribution in [3.05, 3.63) is 51.9 Å². The van der Waals surface area contributed by atoms with Gasteiger partial charge in [0, 0.05) is 22.1 Å². The Labute approximate surface area is 203 Å². The van der Waals surface area contributed by atoms with Crippen molar-refractivity contribution in [2.45, 2.75) is 32.2 Å². The summed E-state index contributed by atoms with van der Waals surface area (Å²) in [4.78, 5) is 23.6. The minimum absolute atomic E-state index is 0.101. The number of fused-ring (bicyclic) bond motifs is 1. The van der Waals surface area contributed by atoms with Crippen LogP contribution >= 0.6 is 11.8 Å². The van der Waals surface area contributed by atoms with Gasteiger partial charge in [-0.15, -0.1) is 13.2 Å². The standard InChI is InChI=1S/C24H22F3NO6S/c1-23(2)12-33-20-16(8-14(9-17(20)23)11-32-6-5-29)15-7-13(3-4-18(15)34-24(25,26)27)10-19-21(30)28-22(31)35-19/h3-4,7-10,29H,5-6,11-12H2,1-2H3,(H,28,30,31). The molecule has 2 amide bonds. The van der Waals surface area contributed by atoms with Gasteiger partial charge in [-0.05, 0) is 53.2 Å². The van der Waals surface area contributed by atoms with Crippen molar-refractivity contribution in [1.29, 1.82) is 0 Å². The summed E-state index contributed by atoms with van der Waals surface area (Å²) in [5, 5.41) is 10.6. The highest BCUT2D eigenvalue weighted by molar-refractivity contribution is 8.18. The van der Waals surface area contributed by atoms with Crippen LogP contribution in [0.3, 0.4) is 0 Å². The van der Waals surface area contributed by atoms with E-state index in [1.165, 1.54) is 18.2 Å². The number of aliphatic hydroxyl groups is 1. The highest BCUT2D eigenvalue weighted by Gasteiger charge is 2.37. The van der Waals surface area contributed by atoms with E-state index in [9.17, 15) is 22.8 Å². The Hall–Kier alpha value is -3.02. The number of ether oxygens (including phenoxy) is 3. The van der Waals surface area contributed by atoms with Gasteiger partial charge in [-0.2, -0.15) is 0 Å². The molecule has 186 valence electrons. The zero-order valence-electron chi connectivity index (χ0n) is 18.8. The maximum atomic E-state index is 13.2. The maximum Gasteiger partial charge on any atom is 0.573 e. The van der Waals surface area contributed by atoms with Crippen LogP contribution in [0.25, 0.3) is 17.2 Å². The SMILES string of the molecule is CC1(C)COc2c(-c3cc(C=C4SC(=O)NC4=O)ccc3OC(F)(F)F)cc(COCCO)cc21. The molecule has 2 N–H and O–H groups in total. The molecular weight excluding hydrogens is 487 g/mol. The van der Waals surface area contributed by atoms with Gasteiger partial charge in [0.05, 0.1) is 31.3 Å². The third-order valence-corrected chi connectivity index (χ3v) is 6.23. The van der Waals surface area contributed by atoms with Crippen LogP contribution in [0.15, 0.2) is 35.2 Å². The van der Waals surface area contributed by atoms with E-state index in [-0.39, 0.29) is 30.3 Å². The first-order valence-corrected chi connectivity index (χ1v) is 11.4. The van der Waals surface area contributed by atoms with Gasteiger partial charge in [-0.3, -0.25) is 14.9 Å². The molecule has 0 radical (unpaired) electrons. The maximum absolute atomic E-state index is 13.2. The quantitative estimate of drug-likeness (QED) is 0.411. The van der Waals surface area contributed by atoms with E-state index in [4.69, 9.17) is 14.6 Å². The van der Waals surface area contributed by atoms with E-state index in [2.05, 4.69) is 10.1 Å². The minimum Gasteiger partial charge on any atom is -0.492 e. The highest BCUT2D eigenvalue weighted by atomic mass is 32.2. The molecule has 2 aromatic carbocycles. The van der Waals surface area contributed by atoms with Crippen molar-refractivity contribution in [2.24, 2.45) is 0 Å². The third kappa shape index (κ3) is 5.63. The van der Waals surface area contributed by atoms with Crippen molar-refractivity contribution in [3.63, 3.8) is 0 Å². The summed E-state index contributed by atoms with van der Waals surface area (Å²) >= 11 is 0.707. The molecule has 2 heterocycles. The zero-order chi connectivity index (χ0) is 25.4. The van der Waals surface area contributed by atoms with Gasteiger partial charge >= 0.3 is 6.36 Å². The molecule has 7 nitrogen and oxygen atoms in total. The Morgan fingerprint density at radius 1 is 1.20 bits per heavy atom. The Morgan fingerprint density at radius 3 is 2.63 bits per heavy atom. The van der Waals surface area contributed by atoms with E-state index >= 15 is 0 Å². The number of thioether (sulfide) groups is 1. The van der Waals surface area contributed by atoms with Crippen LogP contribution in [0.2, 0.25) is 0 Å². The first-order chi connectivity index (χ1) is 16.5. The normalized spacial score (nSPS) is 17.9. The number of alkyl halides is 3. The average molecular weight is 510 g/mol. The molecule has 0 bridgehead atoms. The summed E-state index contributed by atoms with van der Waals surface area (Å²) in [6.07, 6.45) is -3.52. The van der Waals surface area contributed by atoms with Crippen molar-refractivity contribution < 1.29 is 42.1 Å². The average Bonchev–Trinajstić information content (AvgIpc) is 3.25. The second-order valence-corrected chi connectivity index (χ2v) is 9.64. The van der Waals surface area contributed by atoms with Gasteiger partial charge in [0.2, 0.25) is 0 Å². The molecule has 2 aliphatic heterocycles. The molecule has 0 spiro atoms. The fourth-order valence-corrected chi connectivity index (χ4v) is 4.53. The topological polar surface area (TPSA) is 94.1 Å². The number of carbonyl (C=O) groups excluding carboxylic acids is 2. The van der Waals surface area contributed by atoms with Crippen molar-refractivity contribution in [2.75, 3.05) is 19.8 Å². The Bertz CT molecular complexity index is 1210. The molecule has 0 aromatic heterocycles. The second-order valence-electron chi connectivity index (χ2n) is 8.62. The van der Waals surface area contributed by atoms with E-state index in [0.717, 1.165) is 11.6 Å². The van der Waals surface area contributed by atoms with E-state index in [1.54, 1.807) is 6.07 Å². The molecular formula is C24H22F3NO6S. The number of hydrogen-bond donors (Lipinski definition) is 2. The minimum atomic E-state index is -4.94. The number of halogens is 3. The number of amides is 2. The van der Waals surface area contributed by atoms with Crippen molar-refractivity contribution >= 4 is 29.0 Å². The van der Waals surface area contributed by atoms with Crippen LogP contribution in [0, 0.1) is 0 Å². The molecule has 2 aromatic rings. The number of benzene rings is 2. The summed E-state index contributed by atoms with van der Waals surface area (Å²) in [6, 6.07) is 7.52. The Balaban J connectivity index is 1.87. The zero-order valence-corrected chi connectivity index (χ0v) is 19.6.